The molecule has 1 amide bonds. The van der Waals surface area contributed by atoms with Crippen molar-refractivity contribution in [3.63, 3.8) is 0 Å². The Bertz CT molecular complexity index is 1820. The summed E-state index contributed by atoms with van der Waals surface area (Å²) in [6.07, 6.45) is -20.1. The first-order chi connectivity index (χ1) is 31.5. The maximum Gasteiger partial charge on any atom is 0.471 e. The van der Waals surface area contributed by atoms with Crippen LogP contribution in [-0.2, 0) is 42.7 Å². The number of carbonyl (C=O) groups is 1. The van der Waals surface area contributed by atoms with Gasteiger partial charge in [-0.2, -0.15) is 13.2 Å². The molecule has 0 aromatic carbocycles. The van der Waals surface area contributed by atoms with Crippen LogP contribution in [0, 0.1) is 46.3 Å². The first kappa shape index (κ1) is 50.3. The van der Waals surface area contributed by atoms with E-state index in [0.29, 0.717) is 48.3 Å². The zero-order valence-corrected chi connectivity index (χ0v) is 39.1. The van der Waals surface area contributed by atoms with E-state index in [9.17, 15) is 53.7 Å². The van der Waals surface area contributed by atoms with Crippen molar-refractivity contribution < 1.29 is 91.6 Å². The van der Waals surface area contributed by atoms with Crippen LogP contribution in [0.2, 0.25) is 0 Å². The predicted molar refractivity (Wildman–Crippen MR) is 225 cm³/mol. The smallest absolute Gasteiger partial charge is 0.388 e. The molecule has 9 aliphatic rings. The van der Waals surface area contributed by atoms with E-state index in [1.165, 1.54) is 19.4 Å². The highest BCUT2D eigenvalue weighted by molar-refractivity contribution is 5.81. The van der Waals surface area contributed by atoms with Gasteiger partial charge in [0.15, 0.2) is 24.7 Å². The van der Waals surface area contributed by atoms with E-state index in [1.807, 2.05) is 0 Å². The third kappa shape index (κ3) is 8.74. The zero-order valence-electron chi connectivity index (χ0n) is 39.1. The first-order valence-electron chi connectivity index (χ1n) is 24.5. The molecule has 1 unspecified atom stereocenters. The lowest BCUT2D eigenvalue weighted by molar-refractivity contribution is -0.386. The zero-order chi connectivity index (χ0) is 48.3. The Morgan fingerprint density at radius 1 is 0.761 bits per heavy atom. The fraction of sp³-hybridized carbons (Fsp3) is 0.936. The minimum atomic E-state index is -5.28. The molecule has 8 fully saturated rings. The van der Waals surface area contributed by atoms with Crippen molar-refractivity contribution in [3.8, 4) is 0 Å². The average molecular weight is 964 g/mol. The quantitative estimate of drug-likeness (QED) is 0.162. The van der Waals surface area contributed by atoms with E-state index in [-0.39, 0.29) is 16.9 Å². The Kier molecular flexibility index (Phi) is 13.9. The lowest BCUT2D eigenvalue weighted by Gasteiger charge is -2.59. The SMILES string of the molecule is C[C@H]1CC[C@@]2(OC1)O[C@H]1CC3[C@@H]4CC=C5C[C@@H](O[C@@H]6O[C@H](CNC(=O)C(F)(F)F)[C@@H](O[C@H]7O[C@H](C)[C@@H](O)[C@H](O)[C@@H]7O)[C@H](O)[C@H]6O[C@H]6O[C@H](C)[C@@H](O)[C@H](O)[C@@H]6O)CC[C@]5(C)[C@H]4CC[C@]3(C)[C@H]1[C@@H]2C. The molecule has 17 nitrogen and oxygen atoms in total. The second-order valence-electron chi connectivity index (χ2n) is 22.1. The summed E-state index contributed by atoms with van der Waals surface area (Å²) in [4.78, 5) is 12.1. The standard InChI is InChI=1S/C47H72F3NO16/c1-19-9-14-46(60-18-19)20(2)30-28(67-46)16-27-25-8-7-23-15-24(10-12-44(23,5)26(25)11-13-45(27,30)6)63-42-39(66-41-36(57)34(55)32(53)22(4)62-41)37(58)38(29(64-42)17-51-43(59)47(48,49)50)65-40-35(56)33(54)31(52)21(3)61-40/h7,19-22,24-42,52-58H,8-18H2,1-6H3,(H,51,59)/t19-,20-,21+,22+,24-,25+,26-,27?,28-,29+,30-,31+,32+,33-,34-,35-,36-,37-,38+,39+,40+,41+,42+,44-,45-,46+/m0/s1. The normalized spacial score (nSPS) is 54.4. The number of nitrogens with one attached hydrogen (secondary N) is 1. The molecule has 5 heterocycles. The van der Waals surface area contributed by atoms with Gasteiger partial charge in [-0.3, -0.25) is 4.79 Å². The van der Waals surface area contributed by atoms with Gasteiger partial charge in [0.1, 0.15) is 61.0 Å². The number of fused-ring (bicyclic) bond motifs is 7. The highest BCUT2D eigenvalue weighted by Crippen LogP contribution is 2.70. The largest absolute Gasteiger partial charge is 0.471 e. The van der Waals surface area contributed by atoms with Crippen LogP contribution in [0.1, 0.15) is 99.3 Å². The van der Waals surface area contributed by atoms with Crippen molar-refractivity contribution in [2.75, 3.05) is 13.2 Å². The number of aliphatic hydroxyl groups is 7. The Balaban J connectivity index is 0.952. The number of halogens is 3. The summed E-state index contributed by atoms with van der Waals surface area (Å²) < 4.78 is 90.3. The number of carbonyl (C=O) groups excluding carboxylic acids is 1. The van der Waals surface area contributed by atoms with E-state index in [1.54, 1.807) is 5.32 Å². The maximum atomic E-state index is 13.5. The second-order valence-corrected chi connectivity index (χ2v) is 22.1. The summed E-state index contributed by atoms with van der Waals surface area (Å²) in [5, 5.41) is 77.6. The van der Waals surface area contributed by atoms with Gasteiger partial charge in [0.05, 0.1) is 31.0 Å². The van der Waals surface area contributed by atoms with E-state index >= 15 is 0 Å². The van der Waals surface area contributed by atoms with Gasteiger partial charge in [0, 0.05) is 18.9 Å². The number of ether oxygens (including phenoxy) is 8. The number of alkyl halides is 3. The number of amides is 1. The van der Waals surface area contributed by atoms with Crippen LogP contribution in [0.3, 0.4) is 0 Å². The van der Waals surface area contributed by atoms with Gasteiger partial charge >= 0.3 is 12.1 Å². The fourth-order valence-corrected chi connectivity index (χ4v) is 14.3. The molecule has 5 aliphatic heterocycles. The number of hydrogen-bond acceptors (Lipinski definition) is 16. The molecule has 5 saturated heterocycles. The molecule has 0 bridgehead atoms. The van der Waals surface area contributed by atoms with Crippen LogP contribution in [0.15, 0.2) is 11.6 Å². The number of rotatable bonds is 8. The maximum absolute atomic E-state index is 13.5. The number of hydrogen-bond donors (Lipinski definition) is 8. The van der Waals surface area contributed by atoms with E-state index in [0.717, 1.165) is 51.6 Å². The van der Waals surface area contributed by atoms with Gasteiger partial charge in [-0.25, -0.2) is 0 Å². The van der Waals surface area contributed by atoms with E-state index in [4.69, 9.17) is 37.9 Å². The van der Waals surface area contributed by atoms with Crippen LogP contribution in [0.5, 0.6) is 0 Å². The van der Waals surface area contributed by atoms with Crippen LogP contribution in [0.25, 0.3) is 0 Å². The molecule has 0 aromatic heterocycles. The summed E-state index contributed by atoms with van der Waals surface area (Å²) in [6.45, 7) is 12.0. The van der Waals surface area contributed by atoms with Crippen molar-refractivity contribution >= 4 is 5.91 Å². The average Bonchev–Trinajstić information content (AvgIpc) is 3.73. The fourth-order valence-electron chi connectivity index (χ4n) is 14.3. The monoisotopic (exact) mass is 963 g/mol. The topological polar surface area (TPSA) is 245 Å². The third-order valence-electron chi connectivity index (χ3n) is 18.2. The summed E-state index contributed by atoms with van der Waals surface area (Å²) in [6, 6.07) is 0. The van der Waals surface area contributed by atoms with E-state index in [2.05, 4.69) is 33.8 Å². The molecule has 8 N–H and O–H groups in total. The summed E-state index contributed by atoms with van der Waals surface area (Å²) in [5.74, 6) is -0.178. The minimum absolute atomic E-state index is 0.122. The molecule has 26 atom stereocenters. The van der Waals surface area contributed by atoms with Crippen LogP contribution in [0.4, 0.5) is 13.2 Å². The lowest BCUT2D eigenvalue weighted by Crippen LogP contribution is -2.67. The van der Waals surface area contributed by atoms with Gasteiger partial charge in [0.2, 0.25) is 0 Å². The highest BCUT2D eigenvalue weighted by Gasteiger charge is 2.69. The number of aliphatic hydroxyl groups excluding tert-OH is 7. The molecule has 20 heteroatoms. The molecule has 0 aromatic rings. The molecule has 1 spiro atoms. The minimum Gasteiger partial charge on any atom is -0.388 e. The van der Waals surface area contributed by atoms with Crippen molar-refractivity contribution in [3.05, 3.63) is 11.6 Å². The second kappa shape index (κ2) is 18.5. The van der Waals surface area contributed by atoms with Gasteiger partial charge in [-0.05, 0) is 106 Å². The lowest BCUT2D eigenvalue weighted by atomic mass is 9.47. The molecule has 382 valence electrons. The van der Waals surface area contributed by atoms with Crippen LogP contribution < -0.4 is 5.32 Å². The molecule has 0 radical (unpaired) electrons. The van der Waals surface area contributed by atoms with E-state index < -0.39 is 123 Å². The van der Waals surface area contributed by atoms with Gasteiger partial charge in [-0.1, -0.05) is 39.3 Å². The van der Waals surface area contributed by atoms with Crippen LogP contribution >= 0.6 is 0 Å². The first-order valence-corrected chi connectivity index (χ1v) is 24.5. The Labute approximate surface area is 388 Å². The predicted octanol–water partition coefficient (Wildman–Crippen LogP) is 1.93. The molecule has 3 saturated carbocycles. The Morgan fingerprint density at radius 2 is 1.40 bits per heavy atom. The molecular weight excluding hydrogens is 892 g/mol. The Hall–Kier alpha value is -1.60. The van der Waals surface area contributed by atoms with Crippen LogP contribution in [-0.4, -0.2) is 171 Å². The molecule has 9 rings (SSSR count). The number of allylic oxidation sites excluding steroid dienone is 1. The van der Waals surface area contributed by atoms with Crippen molar-refractivity contribution in [1.82, 2.24) is 5.32 Å². The van der Waals surface area contributed by atoms with Crippen molar-refractivity contribution in [2.24, 2.45) is 46.3 Å². The highest BCUT2D eigenvalue weighted by atomic mass is 19.4. The third-order valence-corrected chi connectivity index (χ3v) is 18.2. The Morgan fingerprint density at radius 3 is 2.01 bits per heavy atom. The molecular formula is C47H72F3NO16. The molecule has 67 heavy (non-hydrogen) atoms. The van der Waals surface area contributed by atoms with Gasteiger partial charge in [0.25, 0.3) is 0 Å². The molecule has 4 aliphatic carbocycles. The van der Waals surface area contributed by atoms with Crippen molar-refractivity contribution in [1.29, 1.82) is 0 Å². The summed E-state index contributed by atoms with van der Waals surface area (Å²) >= 11 is 0. The van der Waals surface area contributed by atoms with Gasteiger partial charge in [-0.15, -0.1) is 0 Å². The summed E-state index contributed by atoms with van der Waals surface area (Å²) in [5.41, 5.74) is 1.20. The van der Waals surface area contributed by atoms with Crippen molar-refractivity contribution in [2.45, 2.75) is 216 Å². The summed E-state index contributed by atoms with van der Waals surface area (Å²) in [7, 11) is 0. The van der Waals surface area contributed by atoms with Gasteiger partial charge < -0.3 is 79.0 Å².